The van der Waals surface area contributed by atoms with Gasteiger partial charge < -0.3 is 134 Å². The lowest BCUT2D eigenvalue weighted by atomic mass is 9.98. The lowest BCUT2D eigenvalue weighted by molar-refractivity contribution is -0.325. The number of hydrogen-bond acceptors (Lipinski definition) is 27. The molecule has 8 rings (SSSR count). The van der Waals surface area contributed by atoms with Crippen LogP contribution >= 0.6 is 0 Å². The summed E-state index contributed by atoms with van der Waals surface area (Å²) in [6.07, 6.45) is -33.1. The third kappa shape index (κ3) is 11.9. The molecule has 0 radical (unpaired) electrons. The first kappa shape index (κ1) is 56.5. The molecular weight excluding hydrogens is 1020 g/mol. The molecule has 4 fully saturated rings. The standard InChI is InChI=1S/C48H58O28/c1-16-31(54)36(59)40(63)45(69-16)68-15-29-35(58)39(62)43(66)48(76-29)73-26-12-21-22(51)10-20(70-46-41(64)38(61)34(57)28(75-46)14-67-30(53)7-4-17-2-5-19(50)6-3-17)11-24(21)71-44(26)18-8-23(52)32(55)25(9-18)72-47-42(65)37(60)33(56)27(13-49)74-47/h2-12,16,27-29,31,33-52,54-66H,13-15H2,1H3/p+1/b7-4+/t16-,27+,28-,29+,31-,33+,34+,35+,36-,37-,38-,39-,40-,41+,42+,43+,44?,45+,46+,47+,48+/m0/s1. The fourth-order valence-electron chi connectivity index (χ4n) is 8.71. The normalized spacial score (nSPS) is 37.6. The van der Waals surface area contributed by atoms with Gasteiger partial charge in [-0.25, -0.2) is 4.79 Å². The van der Waals surface area contributed by atoms with Crippen molar-refractivity contribution in [3.05, 3.63) is 77.1 Å². The van der Waals surface area contributed by atoms with Crippen LogP contribution in [0.1, 0.15) is 29.7 Å². The van der Waals surface area contributed by atoms with Gasteiger partial charge in [0, 0.05) is 18.2 Å². The van der Waals surface area contributed by atoms with E-state index in [2.05, 4.69) is 4.74 Å². The fourth-order valence-corrected chi connectivity index (χ4v) is 8.71. The molecule has 418 valence electrons. The molecule has 5 aliphatic heterocycles. The lowest BCUT2D eigenvalue weighted by Crippen LogP contribution is -2.61. The van der Waals surface area contributed by atoms with Gasteiger partial charge in [0.05, 0.1) is 30.9 Å². The number of aliphatic hydroxyl groups is 14. The minimum absolute atomic E-state index is 0.00177. The Morgan fingerprint density at radius 1 is 0.592 bits per heavy atom. The zero-order valence-electron chi connectivity index (χ0n) is 39.7. The molecular formula is C48H59O28+. The number of fused-ring (bicyclic) bond motifs is 1. The summed E-state index contributed by atoms with van der Waals surface area (Å²) in [7, 11) is 0. The van der Waals surface area contributed by atoms with Crippen LogP contribution in [0.25, 0.3) is 12.2 Å². The molecule has 3 aromatic carbocycles. The summed E-state index contributed by atoms with van der Waals surface area (Å²) in [5, 5.41) is 180. The smallest absolute Gasteiger partial charge is 0.330 e. The second-order valence-electron chi connectivity index (χ2n) is 18.5. The van der Waals surface area contributed by atoms with Crippen LogP contribution < -0.4 is 9.47 Å². The van der Waals surface area contributed by atoms with Crippen LogP contribution in [-0.2, 0) is 38.0 Å². The monoisotopic (exact) mass is 1080 g/mol. The Morgan fingerprint density at radius 2 is 1.14 bits per heavy atom. The summed E-state index contributed by atoms with van der Waals surface area (Å²) in [5.41, 5.74) is 0.227. The maximum Gasteiger partial charge on any atom is 0.330 e. The van der Waals surface area contributed by atoms with Crippen LogP contribution in [0.5, 0.6) is 40.2 Å². The lowest BCUT2D eigenvalue weighted by Gasteiger charge is -2.42. The number of benzene rings is 3. The van der Waals surface area contributed by atoms with E-state index in [0.29, 0.717) is 5.56 Å². The Labute approximate surface area is 429 Å². The van der Waals surface area contributed by atoms with E-state index in [9.17, 15) is 91.6 Å². The number of esters is 1. The average Bonchev–Trinajstić information content (AvgIpc) is 3.40. The van der Waals surface area contributed by atoms with E-state index in [0.717, 1.165) is 30.4 Å². The highest BCUT2D eigenvalue weighted by Gasteiger charge is 2.50. The molecule has 0 bridgehead atoms. The molecule has 4 saturated heterocycles. The summed E-state index contributed by atoms with van der Waals surface area (Å²) in [4.78, 5) is 12.5. The van der Waals surface area contributed by atoms with Crippen molar-refractivity contribution in [3.8, 4) is 40.2 Å². The third-order valence-electron chi connectivity index (χ3n) is 13.2. The highest BCUT2D eigenvalue weighted by molar-refractivity contribution is 5.87. The number of carbonyl (C=O) groups excluding carboxylic acids is 1. The molecule has 5 aliphatic rings. The number of carbonyl (C=O) groups is 1. The molecule has 0 amide bonds. The topological polar surface area (TPSA) is 457 Å². The molecule has 1 unspecified atom stereocenters. The van der Waals surface area contributed by atoms with Gasteiger partial charge in [0.25, 0.3) is 11.9 Å². The van der Waals surface area contributed by atoms with Crippen LogP contribution in [0.4, 0.5) is 0 Å². The first-order chi connectivity index (χ1) is 36.0. The number of phenolic OH excluding ortho intramolecular Hbond substituents is 4. The number of hydrogen-bond donors (Lipinski definition) is 17. The molecule has 0 aromatic heterocycles. The van der Waals surface area contributed by atoms with Gasteiger partial charge in [-0.2, -0.15) is 0 Å². The van der Waals surface area contributed by atoms with E-state index >= 15 is 0 Å². The Balaban J connectivity index is 1.07. The van der Waals surface area contributed by atoms with Crippen molar-refractivity contribution < 1.29 is 139 Å². The van der Waals surface area contributed by atoms with E-state index in [1.807, 2.05) is 0 Å². The van der Waals surface area contributed by atoms with Crippen molar-refractivity contribution in [1.82, 2.24) is 0 Å². The molecule has 0 spiro atoms. The van der Waals surface area contributed by atoms with E-state index < -0.39 is 178 Å². The first-order valence-electron chi connectivity index (χ1n) is 23.5. The van der Waals surface area contributed by atoms with Gasteiger partial charge in [-0.1, -0.05) is 12.1 Å². The van der Waals surface area contributed by atoms with E-state index in [1.54, 1.807) is 0 Å². The molecule has 76 heavy (non-hydrogen) atoms. The average molecular weight is 1080 g/mol. The van der Waals surface area contributed by atoms with Crippen LogP contribution in [-0.4, -0.2) is 240 Å². The number of phenols is 4. The van der Waals surface area contributed by atoms with Crippen molar-refractivity contribution in [3.63, 3.8) is 0 Å². The molecule has 0 saturated carbocycles. The predicted molar refractivity (Wildman–Crippen MR) is 246 cm³/mol. The fraction of sp³-hybridized carbons (Fsp3) is 0.521. The van der Waals surface area contributed by atoms with Gasteiger partial charge in [-0.3, -0.25) is 0 Å². The highest BCUT2D eigenvalue weighted by Crippen LogP contribution is 2.49. The number of rotatable bonds is 15. The largest absolute Gasteiger partial charge is 0.571 e. The first-order valence-corrected chi connectivity index (χ1v) is 23.5. The van der Waals surface area contributed by atoms with Crippen LogP contribution in [0.15, 0.2) is 60.4 Å². The Hall–Kier alpha value is -5.71. The summed E-state index contributed by atoms with van der Waals surface area (Å²) in [5.74, 6) is -4.85. The number of aliphatic hydroxyl groups excluding tert-OH is 13. The second-order valence-corrected chi connectivity index (χ2v) is 18.5. The van der Waals surface area contributed by atoms with Crippen molar-refractivity contribution in [2.45, 2.75) is 136 Å². The zero-order chi connectivity index (χ0) is 55.0. The Kier molecular flexibility index (Phi) is 17.5. The van der Waals surface area contributed by atoms with Gasteiger partial charge in [-0.15, -0.1) is 0 Å². The van der Waals surface area contributed by atoms with Crippen LogP contribution in [0.2, 0.25) is 0 Å². The van der Waals surface area contributed by atoms with Gasteiger partial charge in [-0.05, 0) is 42.8 Å². The number of aromatic hydroxyl groups is 5. The maximum atomic E-state index is 12.5. The van der Waals surface area contributed by atoms with Crippen LogP contribution in [0, 0.1) is 0 Å². The van der Waals surface area contributed by atoms with E-state index in [1.165, 1.54) is 43.3 Å². The SMILES string of the molecule is C[C@@H]1O[C@@H](OC[C@H]2O[C@@H](OC3=Cc4c(O)cc(O[C@@H]5O[C@@H](COC(=O)/C=C/c6ccc(O)cc6)[C@@H](O)[C@H](O)[C@H]5O)cc4[OH+]C3c3cc(O)c(O)c(O[C@@H]4O[C@H](CO)[C@@H](O)[C@H](O)[C@H]4O)c3)[C@H](O)[C@@H](O)[C@@H]2O)[C@@H](O)[C@@H](O)[C@H]1O. The molecule has 3 aromatic rings. The Morgan fingerprint density at radius 3 is 1.78 bits per heavy atom. The highest BCUT2D eigenvalue weighted by atomic mass is 16.7. The molecule has 21 atom stereocenters. The molecule has 0 aliphatic carbocycles. The molecule has 28 nitrogen and oxygen atoms in total. The van der Waals surface area contributed by atoms with E-state index in [4.69, 9.17) is 42.6 Å². The third-order valence-corrected chi connectivity index (χ3v) is 13.2. The van der Waals surface area contributed by atoms with Gasteiger partial charge in [0.1, 0.15) is 121 Å². The quantitative estimate of drug-likeness (QED) is 0.0294. The molecule has 5 heterocycles. The Bertz CT molecular complexity index is 2540. The maximum absolute atomic E-state index is 12.5. The van der Waals surface area contributed by atoms with E-state index in [-0.39, 0.29) is 34.1 Å². The van der Waals surface area contributed by atoms with Crippen molar-refractivity contribution in [2.75, 3.05) is 19.8 Å². The minimum atomic E-state index is -2.06. The van der Waals surface area contributed by atoms with Gasteiger partial charge >= 0.3 is 5.97 Å². The number of ether oxygens (including phenoxy) is 10. The van der Waals surface area contributed by atoms with Gasteiger partial charge in [0.2, 0.25) is 24.6 Å². The predicted octanol–water partition coefficient (Wildman–Crippen LogP) is -4.86. The second kappa shape index (κ2) is 23.5. The molecule has 28 heteroatoms. The summed E-state index contributed by atoms with van der Waals surface area (Å²) < 4.78 is 55.5. The van der Waals surface area contributed by atoms with Crippen molar-refractivity contribution in [1.29, 1.82) is 0 Å². The molecule has 18 N–H and O–H groups in total. The zero-order valence-corrected chi connectivity index (χ0v) is 39.7. The summed E-state index contributed by atoms with van der Waals surface area (Å²) >= 11 is 0. The minimum Gasteiger partial charge on any atom is -0.571 e. The van der Waals surface area contributed by atoms with Crippen molar-refractivity contribution >= 4 is 18.1 Å². The van der Waals surface area contributed by atoms with Crippen molar-refractivity contribution in [2.24, 2.45) is 0 Å². The van der Waals surface area contributed by atoms with Gasteiger partial charge in [0.15, 0.2) is 23.5 Å². The summed E-state index contributed by atoms with van der Waals surface area (Å²) in [6, 6.07) is 10.0. The summed E-state index contributed by atoms with van der Waals surface area (Å²) in [6.45, 7) is -0.802. The van der Waals surface area contributed by atoms with Crippen LogP contribution in [0.3, 0.4) is 0 Å².